The maximum absolute atomic E-state index is 11.8. The summed E-state index contributed by atoms with van der Waals surface area (Å²) in [5.41, 5.74) is 0.820. The van der Waals surface area contributed by atoms with Gasteiger partial charge in [-0.1, -0.05) is 0 Å². The summed E-state index contributed by atoms with van der Waals surface area (Å²) in [6, 6.07) is 19.7. The molecule has 0 atom stereocenters. The molecule has 0 spiro atoms. The molecule has 2 aromatic carbocycles. The molecule has 16 heavy (non-hydrogen) atoms. The van der Waals surface area contributed by atoms with Gasteiger partial charge in [-0.15, -0.1) is 0 Å². The van der Waals surface area contributed by atoms with Crippen molar-refractivity contribution in [2.24, 2.45) is 0 Å². The van der Waals surface area contributed by atoms with Crippen LogP contribution in [0.5, 0.6) is 0 Å². The number of hydrogen-bond donors (Lipinski definition) is 0. The van der Waals surface area contributed by atoms with E-state index < -0.39 is 0 Å². The molecule has 0 bridgehead atoms. The van der Waals surface area contributed by atoms with E-state index in [-0.39, 0.29) is 20.7 Å². The van der Waals surface area contributed by atoms with Crippen LogP contribution in [0.15, 0.2) is 60.7 Å². The van der Waals surface area contributed by atoms with Crippen LogP contribution in [-0.4, -0.2) is 20.7 Å². The first-order chi connectivity index (χ1) is 7.86. The van der Waals surface area contributed by atoms with E-state index in [4.69, 9.17) is 0 Å². The second-order valence-electron chi connectivity index (χ2n) is 3.39. The van der Waals surface area contributed by atoms with Gasteiger partial charge in [0.05, 0.1) is 0 Å². The molecule has 0 N–H and O–H groups in total. The second-order valence-corrected chi connectivity index (χ2v) is 5.59. The Hall–Kier alpha value is -1.37. The third-order valence-corrected chi connectivity index (χ3v) is 4.33. The van der Waals surface area contributed by atoms with E-state index in [2.05, 4.69) is 12.1 Å². The number of rotatable bonds is 4. The predicted molar refractivity (Wildman–Crippen MR) is 67.4 cm³/mol. The Morgan fingerprint density at radius 1 is 0.875 bits per heavy atom. The molecule has 0 saturated heterocycles. The Balaban J connectivity index is 1.95. The van der Waals surface area contributed by atoms with Crippen LogP contribution in [0.1, 0.15) is 10.4 Å². The van der Waals surface area contributed by atoms with E-state index in [1.165, 1.54) is 4.46 Å². The van der Waals surface area contributed by atoms with Gasteiger partial charge in [0.2, 0.25) is 0 Å². The average Bonchev–Trinajstić information content (AvgIpc) is 2.38. The number of Topliss-reactive ketones (excluding diaryl/α,β-unsaturated/α-hetero) is 1. The van der Waals surface area contributed by atoms with Gasteiger partial charge in [0, 0.05) is 0 Å². The Morgan fingerprint density at radius 2 is 1.44 bits per heavy atom. The van der Waals surface area contributed by atoms with E-state index in [9.17, 15) is 4.79 Å². The fourth-order valence-electron chi connectivity index (χ4n) is 1.37. The molecule has 0 radical (unpaired) electrons. The molecule has 0 saturated carbocycles. The Kier molecular flexibility index (Phi) is 3.92. The van der Waals surface area contributed by atoms with Gasteiger partial charge in [-0.2, -0.15) is 0 Å². The molecule has 0 unspecified atom stereocenters. The Labute approximate surface area is 102 Å². The van der Waals surface area contributed by atoms with Crippen molar-refractivity contribution in [3.8, 4) is 0 Å². The van der Waals surface area contributed by atoms with E-state index >= 15 is 0 Å². The SMILES string of the molecule is O=C(C[Se]c1ccccc1)c1ccccc1. The third-order valence-electron chi connectivity index (χ3n) is 2.21. The van der Waals surface area contributed by atoms with Crippen LogP contribution in [-0.2, 0) is 0 Å². The van der Waals surface area contributed by atoms with Crippen molar-refractivity contribution in [2.75, 3.05) is 0 Å². The van der Waals surface area contributed by atoms with Gasteiger partial charge >= 0.3 is 102 Å². The summed E-state index contributed by atoms with van der Waals surface area (Å²) in [6.45, 7) is 0. The van der Waals surface area contributed by atoms with Crippen LogP contribution in [0.2, 0.25) is 5.32 Å². The second kappa shape index (κ2) is 5.64. The molecular weight excluding hydrogens is 263 g/mol. The van der Waals surface area contributed by atoms with Gasteiger partial charge in [0.25, 0.3) is 0 Å². The van der Waals surface area contributed by atoms with Crippen LogP contribution in [0.3, 0.4) is 0 Å². The number of carbonyl (C=O) groups is 1. The molecule has 2 heteroatoms. The van der Waals surface area contributed by atoms with Gasteiger partial charge in [-0.05, 0) is 0 Å². The fraction of sp³-hybridized carbons (Fsp3) is 0.0714. The summed E-state index contributed by atoms with van der Waals surface area (Å²) >= 11 is 0.244. The zero-order chi connectivity index (χ0) is 11.2. The van der Waals surface area contributed by atoms with Gasteiger partial charge in [0.1, 0.15) is 0 Å². The van der Waals surface area contributed by atoms with Crippen molar-refractivity contribution < 1.29 is 4.79 Å². The Morgan fingerprint density at radius 3 is 2.06 bits per heavy atom. The molecule has 2 aromatic rings. The Bertz CT molecular complexity index is 451. The summed E-state index contributed by atoms with van der Waals surface area (Å²) in [6.07, 6.45) is 0. The minimum absolute atomic E-state index is 0.240. The molecular formula is C14H12OSe. The number of ketones is 1. The summed E-state index contributed by atoms with van der Waals surface area (Å²) in [4.78, 5) is 11.8. The first-order valence-corrected chi connectivity index (χ1v) is 7.19. The van der Waals surface area contributed by atoms with Crippen molar-refractivity contribution in [3.05, 3.63) is 66.2 Å². The van der Waals surface area contributed by atoms with E-state index in [0.29, 0.717) is 5.32 Å². The minimum atomic E-state index is 0.240. The van der Waals surface area contributed by atoms with Gasteiger partial charge in [0.15, 0.2) is 0 Å². The van der Waals surface area contributed by atoms with Crippen molar-refractivity contribution in [1.82, 2.24) is 0 Å². The first-order valence-electron chi connectivity index (χ1n) is 5.12. The summed E-state index contributed by atoms with van der Waals surface area (Å²) in [5, 5.41) is 0.640. The zero-order valence-corrected chi connectivity index (χ0v) is 10.5. The van der Waals surface area contributed by atoms with Gasteiger partial charge in [-0.25, -0.2) is 0 Å². The average molecular weight is 275 g/mol. The van der Waals surface area contributed by atoms with Crippen LogP contribution in [0.4, 0.5) is 0 Å². The quantitative estimate of drug-likeness (QED) is 0.618. The number of hydrogen-bond acceptors (Lipinski definition) is 1. The van der Waals surface area contributed by atoms with Crippen LogP contribution in [0, 0.1) is 0 Å². The van der Waals surface area contributed by atoms with Crippen molar-refractivity contribution in [1.29, 1.82) is 0 Å². The first kappa shape index (κ1) is 11.1. The summed E-state index contributed by atoms with van der Waals surface area (Å²) < 4.78 is 1.28. The normalized spacial score (nSPS) is 10.0. The van der Waals surface area contributed by atoms with E-state index in [1.807, 2.05) is 48.5 Å². The molecule has 0 aromatic heterocycles. The molecule has 2 rings (SSSR count). The molecule has 80 valence electrons. The molecule has 0 amide bonds. The van der Waals surface area contributed by atoms with E-state index in [0.717, 1.165) is 5.56 Å². The molecule has 1 nitrogen and oxygen atoms in total. The predicted octanol–water partition coefficient (Wildman–Crippen LogP) is 2.32. The number of carbonyl (C=O) groups excluding carboxylic acids is 1. The van der Waals surface area contributed by atoms with Crippen LogP contribution < -0.4 is 4.46 Å². The number of benzene rings is 2. The van der Waals surface area contributed by atoms with E-state index in [1.54, 1.807) is 0 Å². The van der Waals surface area contributed by atoms with Gasteiger partial charge < -0.3 is 0 Å². The summed E-state index contributed by atoms with van der Waals surface area (Å²) in [5.74, 6) is 0.240. The molecule has 0 aliphatic heterocycles. The van der Waals surface area contributed by atoms with Crippen molar-refractivity contribution in [3.63, 3.8) is 0 Å². The maximum atomic E-state index is 11.8. The standard InChI is InChI=1S/C14H12OSe/c15-14(12-7-3-1-4-8-12)11-16-13-9-5-2-6-10-13/h1-10H,11H2. The fourth-order valence-corrected chi connectivity index (χ4v) is 3.08. The summed E-state index contributed by atoms with van der Waals surface area (Å²) in [7, 11) is 0. The third kappa shape index (κ3) is 3.06. The topological polar surface area (TPSA) is 17.1 Å². The van der Waals surface area contributed by atoms with Crippen LogP contribution in [0.25, 0.3) is 0 Å². The van der Waals surface area contributed by atoms with Gasteiger partial charge in [-0.3, -0.25) is 0 Å². The monoisotopic (exact) mass is 276 g/mol. The molecule has 0 heterocycles. The molecule has 0 aliphatic carbocycles. The molecule has 0 aliphatic rings. The van der Waals surface area contributed by atoms with Crippen molar-refractivity contribution >= 4 is 25.2 Å². The zero-order valence-electron chi connectivity index (χ0n) is 8.80. The molecule has 0 fully saturated rings. The van der Waals surface area contributed by atoms with Crippen LogP contribution >= 0.6 is 0 Å². The van der Waals surface area contributed by atoms with Crippen molar-refractivity contribution in [2.45, 2.75) is 5.32 Å².